The Balaban J connectivity index is 2.07. The van der Waals surface area contributed by atoms with E-state index < -0.39 is 0 Å². The molecule has 0 bridgehead atoms. The number of anilines is 1. The highest BCUT2D eigenvalue weighted by molar-refractivity contribution is 9.10. The Kier molecular flexibility index (Phi) is 3.68. The Labute approximate surface area is 137 Å². The molecule has 108 valence electrons. The summed E-state index contributed by atoms with van der Waals surface area (Å²) in [7, 11) is 0. The van der Waals surface area contributed by atoms with Crippen molar-refractivity contribution in [3.8, 4) is 0 Å². The van der Waals surface area contributed by atoms with Crippen LogP contribution in [0.5, 0.6) is 0 Å². The van der Waals surface area contributed by atoms with Crippen LogP contribution >= 0.6 is 27.5 Å². The SMILES string of the molecule is CC1(c2cccc(Br)c2)CN=C(N)N1c1ccc(Cl)cc1. The van der Waals surface area contributed by atoms with Gasteiger partial charge in [0.05, 0.1) is 12.1 Å². The smallest absolute Gasteiger partial charge is 0.196 e. The average molecular weight is 365 g/mol. The van der Waals surface area contributed by atoms with Gasteiger partial charge in [0.25, 0.3) is 0 Å². The highest BCUT2D eigenvalue weighted by Crippen LogP contribution is 2.37. The van der Waals surface area contributed by atoms with Gasteiger partial charge in [0.15, 0.2) is 5.96 Å². The van der Waals surface area contributed by atoms with Gasteiger partial charge in [-0.2, -0.15) is 0 Å². The molecule has 0 radical (unpaired) electrons. The molecule has 1 atom stereocenters. The minimum absolute atomic E-state index is 0.304. The van der Waals surface area contributed by atoms with Crippen LogP contribution in [0.3, 0.4) is 0 Å². The van der Waals surface area contributed by atoms with E-state index in [2.05, 4.69) is 44.9 Å². The summed E-state index contributed by atoms with van der Waals surface area (Å²) < 4.78 is 1.04. The van der Waals surface area contributed by atoms with Gasteiger partial charge in [-0.1, -0.05) is 39.7 Å². The van der Waals surface area contributed by atoms with Gasteiger partial charge in [0.2, 0.25) is 0 Å². The molecule has 1 heterocycles. The first kappa shape index (κ1) is 14.4. The second-order valence-electron chi connectivity index (χ2n) is 5.27. The van der Waals surface area contributed by atoms with E-state index in [9.17, 15) is 0 Å². The second kappa shape index (κ2) is 5.35. The lowest BCUT2D eigenvalue weighted by molar-refractivity contribution is 0.532. The van der Waals surface area contributed by atoms with Gasteiger partial charge in [-0.15, -0.1) is 0 Å². The minimum Gasteiger partial charge on any atom is -0.369 e. The molecule has 2 aromatic rings. The molecular weight excluding hydrogens is 350 g/mol. The number of hydrogen-bond donors (Lipinski definition) is 1. The van der Waals surface area contributed by atoms with Crippen molar-refractivity contribution in [2.45, 2.75) is 12.5 Å². The summed E-state index contributed by atoms with van der Waals surface area (Å²) in [5, 5.41) is 0.706. The van der Waals surface area contributed by atoms with E-state index in [-0.39, 0.29) is 5.54 Å². The van der Waals surface area contributed by atoms with E-state index in [0.717, 1.165) is 15.7 Å². The predicted octanol–water partition coefficient (Wildman–Crippen LogP) is 4.15. The van der Waals surface area contributed by atoms with Gasteiger partial charge in [-0.05, 0) is 48.9 Å². The molecule has 1 aliphatic heterocycles. The highest BCUT2D eigenvalue weighted by atomic mass is 79.9. The lowest BCUT2D eigenvalue weighted by Crippen LogP contribution is -2.47. The zero-order chi connectivity index (χ0) is 15.0. The highest BCUT2D eigenvalue weighted by Gasteiger charge is 2.40. The molecule has 0 saturated heterocycles. The zero-order valence-electron chi connectivity index (χ0n) is 11.6. The molecule has 0 saturated carbocycles. The summed E-state index contributed by atoms with van der Waals surface area (Å²) in [4.78, 5) is 6.51. The van der Waals surface area contributed by atoms with Crippen molar-refractivity contribution in [2.24, 2.45) is 10.7 Å². The number of guanidine groups is 1. The van der Waals surface area contributed by atoms with Crippen LogP contribution in [0.4, 0.5) is 5.69 Å². The number of aliphatic imine (C=N–C) groups is 1. The number of hydrogen-bond acceptors (Lipinski definition) is 3. The lowest BCUT2D eigenvalue weighted by Gasteiger charge is -2.36. The Morgan fingerprint density at radius 3 is 2.62 bits per heavy atom. The second-order valence-corrected chi connectivity index (χ2v) is 6.62. The van der Waals surface area contributed by atoms with Gasteiger partial charge in [0, 0.05) is 15.2 Å². The standard InChI is InChI=1S/C16H15BrClN3/c1-16(11-3-2-4-12(17)9-11)10-20-15(19)21(16)14-7-5-13(18)6-8-14/h2-9H,10H2,1H3,(H2,19,20). The van der Waals surface area contributed by atoms with Crippen LogP contribution in [0, 0.1) is 0 Å². The predicted molar refractivity (Wildman–Crippen MR) is 91.9 cm³/mol. The quantitative estimate of drug-likeness (QED) is 0.869. The average Bonchev–Trinajstić information content (AvgIpc) is 2.77. The Morgan fingerprint density at radius 1 is 1.24 bits per heavy atom. The van der Waals surface area contributed by atoms with Gasteiger partial charge < -0.3 is 10.6 Å². The van der Waals surface area contributed by atoms with Crippen LogP contribution in [-0.4, -0.2) is 12.5 Å². The molecule has 0 aromatic heterocycles. The first-order valence-electron chi connectivity index (χ1n) is 6.62. The summed E-state index contributed by atoms with van der Waals surface area (Å²) in [6.45, 7) is 2.77. The van der Waals surface area contributed by atoms with Gasteiger partial charge in [-0.25, -0.2) is 0 Å². The maximum absolute atomic E-state index is 6.13. The summed E-state index contributed by atoms with van der Waals surface area (Å²) >= 11 is 9.51. The van der Waals surface area contributed by atoms with Gasteiger partial charge >= 0.3 is 0 Å². The van der Waals surface area contributed by atoms with Crippen LogP contribution in [0.15, 0.2) is 58.0 Å². The van der Waals surface area contributed by atoms with Gasteiger partial charge in [0.1, 0.15) is 0 Å². The molecule has 5 heteroatoms. The van der Waals surface area contributed by atoms with Crippen molar-refractivity contribution in [1.29, 1.82) is 0 Å². The number of halogens is 2. The van der Waals surface area contributed by atoms with Crippen molar-refractivity contribution in [3.63, 3.8) is 0 Å². The largest absolute Gasteiger partial charge is 0.369 e. The van der Waals surface area contributed by atoms with Crippen molar-refractivity contribution in [3.05, 3.63) is 63.6 Å². The Morgan fingerprint density at radius 2 is 1.95 bits per heavy atom. The molecule has 1 aliphatic rings. The molecule has 2 N–H and O–H groups in total. The summed E-state index contributed by atoms with van der Waals surface area (Å²) in [5.41, 5.74) is 7.98. The third-order valence-corrected chi connectivity index (χ3v) is 4.55. The third-order valence-electron chi connectivity index (χ3n) is 3.80. The van der Waals surface area contributed by atoms with Crippen LogP contribution in [0.2, 0.25) is 5.02 Å². The maximum atomic E-state index is 6.13. The van der Waals surface area contributed by atoms with E-state index >= 15 is 0 Å². The molecule has 0 spiro atoms. The van der Waals surface area contributed by atoms with Crippen LogP contribution in [-0.2, 0) is 5.54 Å². The third kappa shape index (κ3) is 2.54. The van der Waals surface area contributed by atoms with Crippen LogP contribution in [0.25, 0.3) is 0 Å². The fourth-order valence-electron chi connectivity index (χ4n) is 2.68. The normalized spacial score (nSPS) is 21.5. The van der Waals surface area contributed by atoms with Crippen molar-refractivity contribution < 1.29 is 0 Å². The first-order chi connectivity index (χ1) is 10.0. The van der Waals surface area contributed by atoms with Crippen molar-refractivity contribution in [2.75, 3.05) is 11.4 Å². The van der Waals surface area contributed by atoms with E-state index in [0.29, 0.717) is 17.5 Å². The zero-order valence-corrected chi connectivity index (χ0v) is 13.9. The van der Waals surface area contributed by atoms with E-state index in [1.165, 1.54) is 0 Å². The number of benzene rings is 2. The summed E-state index contributed by atoms with van der Waals surface area (Å²) in [6.07, 6.45) is 0. The van der Waals surface area contributed by atoms with E-state index in [1.54, 1.807) is 0 Å². The Hall–Kier alpha value is -1.52. The fraction of sp³-hybridized carbons (Fsp3) is 0.188. The Bertz CT molecular complexity index is 699. The van der Waals surface area contributed by atoms with Crippen LogP contribution in [0.1, 0.15) is 12.5 Å². The first-order valence-corrected chi connectivity index (χ1v) is 7.79. The molecule has 3 nitrogen and oxygen atoms in total. The van der Waals surface area contributed by atoms with Gasteiger partial charge in [-0.3, -0.25) is 4.99 Å². The molecule has 3 rings (SSSR count). The number of nitrogens with zero attached hydrogens (tertiary/aromatic N) is 2. The number of nitrogens with two attached hydrogens (primary N) is 1. The number of rotatable bonds is 2. The van der Waals surface area contributed by atoms with Crippen molar-refractivity contribution in [1.82, 2.24) is 0 Å². The molecule has 21 heavy (non-hydrogen) atoms. The van der Waals surface area contributed by atoms with E-state index in [1.807, 2.05) is 36.4 Å². The monoisotopic (exact) mass is 363 g/mol. The molecular formula is C16H15BrClN3. The minimum atomic E-state index is -0.304. The maximum Gasteiger partial charge on any atom is 0.196 e. The molecule has 1 unspecified atom stereocenters. The fourth-order valence-corrected chi connectivity index (χ4v) is 3.21. The molecule has 2 aromatic carbocycles. The van der Waals surface area contributed by atoms with Crippen LogP contribution < -0.4 is 10.6 Å². The lowest BCUT2D eigenvalue weighted by atomic mass is 9.90. The molecule has 0 amide bonds. The van der Waals surface area contributed by atoms with E-state index in [4.69, 9.17) is 17.3 Å². The molecule has 0 fully saturated rings. The topological polar surface area (TPSA) is 41.6 Å². The van der Waals surface area contributed by atoms with Crippen molar-refractivity contribution >= 4 is 39.2 Å². The summed E-state index contributed by atoms with van der Waals surface area (Å²) in [6, 6.07) is 15.9. The molecule has 0 aliphatic carbocycles. The summed E-state index contributed by atoms with van der Waals surface area (Å²) in [5.74, 6) is 0.528.